The maximum Gasteiger partial charge on any atom is 0.152 e. The number of rotatable bonds is 9. The molecule has 9 nitrogen and oxygen atoms in total. The zero-order valence-electron chi connectivity index (χ0n) is 19.8. The van der Waals surface area contributed by atoms with Crippen LogP contribution in [0.4, 0.5) is 17.3 Å². The van der Waals surface area contributed by atoms with Gasteiger partial charge >= 0.3 is 0 Å². The molecule has 1 aliphatic rings. The zero-order chi connectivity index (χ0) is 24.8. The highest BCUT2D eigenvalue weighted by Crippen LogP contribution is 2.26. The summed E-state index contributed by atoms with van der Waals surface area (Å²) >= 11 is 0. The smallest absolute Gasteiger partial charge is 0.152 e. The van der Waals surface area contributed by atoms with E-state index in [1.54, 1.807) is 6.20 Å². The third kappa shape index (κ3) is 6.27. The van der Waals surface area contributed by atoms with Crippen molar-refractivity contribution in [2.75, 3.05) is 48.3 Å². The van der Waals surface area contributed by atoms with Crippen molar-refractivity contribution in [3.8, 4) is 5.75 Å². The van der Waals surface area contributed by atoms with Gasteiger partial charge in [-0.2, -0.15) is 0 Å². The van der Waals surface area contributed by atoms with Crippen LogP contribution in [0, 0.1) is 0 Å². The van der Waals surface area contributed by atoms with Gasteiger partial charge in [0, 0.05) is 37.3 Å². The Labute approximate surface area is 210 Å². The van der Waals surface area contributed by atoms with Gasteiger partial charge in [0.05, 0.1) is 23.2 Å². The SMILES string of the molecule is O=S1(=O)CCN(CCNc2cc3c(Nc4ccc(OCc5ccccc5)cc4)ncnc3cn2)CC1. The third-order valence-corrected chi connectivity index (χ3v) is 7.67. The second kappa shape index (κ2) is 10.9. The molecule has 36 heavy (non-hydrogen) atoms. The van der Waals surface area contributed by atoms with E-state index in [1.165, 1.54) is 6.33 Å². The molecule has 1 aliphatic heterocycles. The Morgan fingerprint density at radius 3 is 2.50 bits per heavy atom. The molecule has 3 heterocycles. The highest BCUT2D eigenvalue weighted by molar-refractivity contribution is 7.91. The summed E-state index contributed by atoms with van der Waals surface area (Å²) in [5, 5.41) is 7.54. The van der Waals surface area contributed by atoms with Crippen LogP contribution in [0.3, 0.4) is 0 Å². The van der Waals surface area contributed by atoms with Crippen molar-refractivity contribution < 1.29 is 13.2 Å². The van der Waals surface area contributed by atoms with Crippen molar-refractivity contribution in [3.05, 3.63) is 78.8 Å². The number of hydrogen-bond donors (Lipinski definition) is 2. The van der Waals surface area contributed by atoms with Gasteiger partial charge in [0.1, 0.15) is 30.3 Å². The van der Waals surface area contributed by atoms with Gasteiger partial charge < -0.3 is 15.4 Å². The van der Waals surface area contributed by atoms with Gasteiger partial charge in [0.15, 0.2) is 9.84 Å². The Hall–Kier alpha value is -3.76. The lowest BCUT2D eigenvalue weighted by molar-refractivity contribution is 0.306. The molecule has 5 rings (SSSR count). The Balaban J connectivity index is 1.20. The van der Waals surface area contributed by atoms with Crippen molar-refractivity contribution in [2.24, 2.45) is 0 Å². The van der Waals surface area contributed by atoms with Crippen LogP contribution < -0.4 is 15.4 Å². The van der Waals surface area contributed by atoms with Gasteiger partial charge in [-0.25, -0.2) is 23.4 Å². The van der Waals surface area contributed by atoms with E-state index >= 15 is 0 Å². The van der Waals surface area contributed by atoms with Crippen molar-refractivity contribution in [3.63, 3.8) is 0 Å². The largest absolute Gasteiger partial charge is 0.489 e. The summed E-state index contributed by atoms with van der Waals surface area (Å²) in [6.45, 7) is 3.09. The van der Waals surface area contributed by atoms with E-state index in [-0.39, 0.29) is 11.5 Å². The molecule has 186 valence electrons. The summed E-state index contributed by atoms with van der Waals surface area (Å²) in [7, 11) is -2.87. The van der Waals surface area contributed by atoms with Crippen LogP contribution in [0.1, 0.15) is 5.56 Å². The lowest BCUT2D eigenvalue weighted by atomic mass is 10.2. The lowest BCUT2D eigenvalue weighted by Gasteiger charge is -2.26. The Morgan fingerprint density at radius 1 is 0.944 bits per heavy atom. The molecule has 2 aromatic carbocycles. The number of aromatic nitrogens is 3. The number of nitrogens with one attached hydrogen (secondary N) is 2. The van der Waals surface area contributed by atoms with Crippen LogP contribution in [0.2, 0.25) is 0 Å². The van der Waals surface area contributed by atoms with Crippen LogP contribution in [0.25, 0.3) is 10.9 Å². The molecule has 0 saturated carbocycles. The van der Waals surface area contributed by atoms with Crippen molar-refractivity contribution in [2.45, 2.75) is 6.61 Å². The molecule has 2 N–H and O–H groups in total. The minimum atomic E-state index is -2.87. The van der Waals surface area contributed by atoms with Gasteiger partial charge in [0.2, 0.25) is 0 Å². The van der Waals surface area contributed by atoms with Gasteiger partial charge in [-0.3, -0.25) is 4.90 Å². The lowest BCUT2D eigenvalue weighted by Crippen LogP contribution is -2.42. The minimum Gasteiger partial charge on any atom is -0.489 e. The van der Waals surface area contributed by atoms with E-state index < -0.39 is 9.84 Å². The number of nitrogens with zero attached hydrogens (tertiary/aromatic N) is 4. The molecule has 2 aromatic heterocycles. The van der Waals surface area contributed by atoms with Crippen LogP contribution in [-0.2, 0) is 16.4 Å². The van der Waals surface area contributed by atoms with E-state index in [0.29, 0.717) is 32.1 Å². The predicted octanol–water partition coefficient (Wildman–Crippen LogP) is 3.49. The van der Waals surface area contributed by atoms with Crippen molar-refractivity contribution >= 4 is 38.1 Å². The molecule has 0 bridgehead atoms. The third-order valence-electron chi connectivity index (χ3n) is 6.06. The molecule has 1 fully saturated rings. The second-order valence-electron chi connectivity index (χ2n) is 8.65. The maximum atomic E-state index is 11.6. The van der Waals surface area contributed by atoms with Crippen LogP contribution in [0.5, 0.6) is 5.75 Å². The quantitative estimate of drug-likeness (QED) is 0.354. The summed E-state index contributed by atoms with van der Waals surface area (Å²) in [6.07, 6.45) is 3.24. The van der Waals surface area contributed by atoms with Crippen molar-refractivity contribution in [1.29, 1.82) is 0 Å². The minimum absolute atomic E-state index is 0.230. The van der Waals surface area contributed by atoms with Gasteiger partial charge in [0.25, 0.3) is 0 Å². The molecule has 4 aromatic rings. The monoisotopic (exact) mass is 504 g/mol. The number of ether oxygens (including phenoxy) is 1. The van der Waals surface area contributed by atoms with Gasteiger partial charge in [-0.15, -0.1) is 0 Å². The molecule has 0 unspecified atom stereocenters. The molecule has 0 aliphatic carbocycles. The number of sulfone groups is 1. The first-order valence-electron chi connectivity index (χ1n) is 11.9. The normalized spacial score (nSPS) is 15.4. The molecule has 10 heteroatoms. The Kier molecular flexibility index (Phi) is 7.24. The number of benzene rings is 2. The fourth-order valence-corrected chi connectivity index (χ4v) is 5.26. The molecular weight excluding hydrogens is 476 g/mol. The second-order valence-corrected chi connectivity index (χ2v) is 11.0. The highest BCUT2D eigenvalue weighted by atomic mass is 32.2. The first-order valence-corrected chi connectivity index (χ1v) is 13.7. The number of pyridine rings is 1. The van der Waals surface area contributed by atoms with E-state index in [9.17, 15) is 8.42 Å². The fraction of sp³-hybridized carbons (Fsp3) is 0.269. The average Bonchev–Trinajstić information content (AvgIpc) is 2.90. The summed E-state index contributed by atoms with van der Waals surface area (Å²) < 4.78 is 29.1. The number of fused-ring (bicyclic) bond motifs is 1. The summed E-state index contributed by atoms with van der Waals surface area (Å²) in [4.78, 5) is 15.4. The van der Waals surface area contributed by atoms with Crippen molar-refractivity contribution in [1.82, 2.24) is 19.9 Å². The Bertz CT molecular complexity index is 1400. The van der Waals surface area contributed by atoms with Crippen LogP contribution in [0.15, 0.2) is 73.2 Å². The number of hydrogen-bond acceptors (Lipinski definition) is 9. The highest BCUT2D eigenvalue weighted by Gasteiger charge is 2.20. The number of anilines is 3. The maximum absolute atomic E-state index is 11.6. The molecule has 0 atom stereocenters. The summed E-state index contributed by atoms with van der Waals surface area (Å²) in [5.74, 6) is 2.65. The van der Waals surface area contributed by atoms with E-state index in [2.05, 4.69) is 30.5 Å². The molecule has 0 spiro atoms. The van der Waals surface area contributed by atoms with Crippen LogP contribution in [-0.4, -0.2) is 66.0 Å². The first kappa shape index (κ1) is 24.0. The summed E-state index contributed by atoms with van der Waals surface area (Å²) in [5.41, 5.74) is 2.74. The van der Waals surface area contributed by atoms with Crippen LogP contribution >= 0.6 is 0 Å². The predicted molar refractivity (Wildman–Crippen MR) is 141 cm³/mol. The molecule has 0 amide bonds. The van der Waals surface area contributed by atoms with E-state index in [4.69, 9.17) is 4.74 Å². The standard InChI is InChI=1S/C26H28N6O3S/c33-36(34)14-12-32(13-15-36)11-10-27-25-16-23-24(17-28-25)29-19-30-26(23)31-21-6-8-22(9-7-21)35-18-20-4-2-1-3-5-20/h1-9,16-17,19H,10-15,18H2,(H,27,28)(H,29,30,31). The van der Waals surface area contributed by atoms with E-state index in [0.717, 1.165) is 40.3 Å². The van der Waals surface area contributed by atoms with E-state index in [1.807, 2.05) is 60.7 Å². The zero-order valence-corrected chi connectivity index (χ0v) is 20.6. The molecular formula is C26H28N6O3S. The molecule has 1 saturated heterocycles. The van der Waals surface area contributed by atoms with Gasteiger partial charge in [-0.1, -0.05) is 30.3 Å². The Morgan fingerprint density at radius 2 is 1.72 bits per heavy atom. The fourth-order valence-electron chi connectivity index (χ4n) is 3.98. The van der Waals surface area contributed by atoms with Gasteiger partial charge in [-0.05, 0) is 35.9 Å². The molecule has 0 radical (unpaired) electrons. The topological polar surface area (TPSA) is 109 Å². The average molecular weight is 505 g/mol. The summed E-state index contributed by atoms with van der Waals surface area (Å²) in [6, 6.07) is 19.7. The first-order chi connectivity index (χ1) is 17.5.